The van der Waals surface area contributed by atoms with Crippen LogP contribution in [-0.2, 0) is 0 Å². The van der Waals surface area contributed by atoms with E-state index >= 15 is 0 Å². The highest BCUT2D eigenvalue weighted by atomic mass is 32.2. The van der Waals surface area contributed by atoms with Gasteiger partial charge in [0.1, 0.15) is 0 Å². The van der Waals surface area contributed by atoms with Crippen LogP contribution < -0.4 is 5.73 Å². The van der Waals surface area contributed by atoms with Crippen molar-refractivity contribution in [3.8, 4) is 0 Å². The van der Waals surface area contributed by atoms with E-state index in [1.807, 2.05) is 24.0 Å². The van der Waals surface area contributed by atoms with Gasteiger partial charge in [-0.25, -0.2) is 0 Å². The molecule has 1 unspecified atom stereocenters. The molecule has 0 saturated carbocycles. The Labute approximate surface area is 107 Å². The number of nitrogen functional groups attached to an aromatic ring is 1. The van der Waals surface area contributed by atoms with Gasteiger partial charge in [0.05, 0.1) is 5.69 Å². The average Bonchev–Trinajstić information content (AvgIpc) is 2.38. The normalized spacial score (nSPS) is 12.8. The highest BCUT2D eigenvalue weighted by Crippen LogP contribution is 2.32. The second kappa shape index (κ2) is 5.41. The molecule has 17 heavy (non-hydrogen) atoms. The molecular formula is C14H18N2S. The first-order chi connectivity index (χ1) is 8.22. The van der Waals surface area contributed by atoms with Gasteiger partial charge in [-0.3, -0.25) is 4.98 Å². The largest absolute Gasteiger partial charge is 0.397 e. The zero-order chi connectivity index (χ0) is 12.3. The van der Waals surface area contributed by atoms with Crippen LogP contribution in [0.2, 0.25) is 0 Å². The number of hydrogen-bond acceptors (Lipinski definition) is 3. The van der Waals surface area contributed by atoms with E-state index in [2.05, 4.69) is 31.0 Å². The summed E-state index contributed by atoms with van der Waals surface area (Å²) in [4.78, 5) is 5.29. The molecule has 0 bridgehead atoms. The molecule has 2 rings (SSSR count). The highest BCUT2D eigenvalue weighted by Gasteiger charge is 2.06. The third-order valence-electron chi connectivity index (χ3n) is 3.04. The van der Waals surface area contributed by atoms with E-state index in [0.29, 0.717) is 0 Å². The van der Waals surface area contributed by atoms with Crippen molar-refractivity contribution in [1.82, 2.24) is 4.98 Å². The van der Waals surface area contributed by atoms with E-state index in [9.17, 15) is 0 Å². The molecule has 2 aromatic rings. The average molecular weight is 246 g/mol. The smallest absolute Gasteiger partial charge is 0.0533 e. The molecule has 2 N–H and O–H groups in total. The van der Waals surface area contributed by atoms with Crippen LogP contribution in [0.3, 0.4) is 0 Å². The molecule has 0 spiro atoms. The molecule has 3 heteroatoms. The van der Waals surface area contributed by atoms with Crippen molar-refractivity contribution in [3.05, 3.63) is 30.6 Å². The summed E-state index contributed by atoms with van der Waals surface area (Å²) in [6, 6.07) is 6.18. The van der Waals surface area contributed by atoms with Crippen LogP contribution in [-0.4, -0.2) is 10.7 Å². The zero-order valence-electron chi connectivity index (χ0n) is 10.3. The Morgan fingerprint density at radius 1 is 1.35 bits per heavy atom. The number of pyridine rings is 1. The molecule has 0 amide bonds. The lowest BCUT2D eigenvalue weighted by Crippen LogP contribution is -1.97. The van der Waals surface area contributed by atoms with Gasteiger partial charge in [0.15, 0.2) is 0 Å². The zero-order valence-corrected chi connectivity index (χ0v) is 11.1. The minimum atomic E-state index is 0.729. The Morgan fingerprint density at radius 2 is 2.18 bits per heavy atom. The molecule has 0 fully saturated rings. The molecule has 1 aromatic heterocycles. The number of thioether (sulfide) groups is 1. The fourth-order valence-electron chi connectivity index (χ4n) is 1.65. The molecule has 1 atom stereocenters. The summed E-state index contributed by atoms with van der Waals surface area (Å²) in [5.41, 5.74) is 7.09. The van der Waals surface area contributed by atoms with Gasteiger partial charge in [-0.05, 0) is 18.1 Å². The maximum Gasteiger partial charge on any atom is 0.0533 e. The van der Waals surface area contributed by atoms with E-state index in [-0.39, 0.29) is 0 Å². The third-order valence-corrected chi connectivity index (χ3v) is 4.44. The van der Waals surface area contributed by atoms with Crippen LogP contribution in [0.25, 0.3) is 10.8 Å². The number of nitrogens with zero attached hydrogens (tertiary/aromatic N) is 1. The topological polar surface area (TPSA) is 38.9 Å². The summed E-state index contributed by atoms with van der Waals surface area (Å²) < 4.78 is 0. The third kappa shape index (κ3) is 2.72. The Morgan fingerprint density at radius 3 is 2.94 bits per heavy atom. The molecule has 2 nitrogen and oxygen atoms in total. The van der Waals surface area contributed by atoms with Crippen LogP contribution in [0, 0.1) is 5.92 Å². The second-order valence-electron chi connectivity index (χ2n) is 4.40. The SMILES string of the molecule is CCC(C)CSc1ccc2cnccc2c1N. The first-order valence-corrected chi connectivity index (χ1v) is 6.96. The molecule has 0 saturated heterocycles. The van der Waals surface area contributed by atoms with Crippen molar-refractivity contribution in [3.63, 3.8) is 0 Å². The Balaban J connectivity index is 2.26. The van der Waals surface area contributed by atoms with E-state index in [0.717, 1.165) is 28.1 Å². The summed E-state index contributed by atoms with van der Waals surface area (Å²) >= 11 is 1.85. The van der Waals surface area contributed by atoms with Crippen LogP contribution >= 0.6 is 11.8 Å². The van der Waals surface area contributed by atoms with E-state index in [1.54, 1.807) is 6.20 Å². The first-order valence-electron chi connectivity index (χ1n) is 5.97. The van der Waals surface area contributed by atoms with Crippen molar-refractivity contribution < 1.29 is 0 Å². The summed E-state index contributed by atoms with van der Waals surface area (Å²) in [5.74, 6) is 1.85. The Bertz CT molecular complexity index is 511. The highest BCUT2D eigenvalue weighted by molar-refractivity contribution is 7.99. The van der Waals surface area contributed by atoms with Gasteiger partial charge in [-0.15, -0.1) is 11.8 Å². The van der Waals surface area contributed by atoms with Gasteiger partial charge in [-0.2, -0.15) is 0 Å². The lowest BCUT2D eigenvalue weighted by atomic mass is 10.1. The standard InChI is InChI=1S/C14H18N2S/c1-3-10(2)9-17-13-5-4-11-8-16-7-6-12(11)14(13)15/h4-8,10H,3,9,15H2,1-2H3. The minimum Gasteiger partial charge on any atom is -0.397 e. The maximum atomic E-state index is 6.20. The number of fused-ring (bicyclic) bond motifs is 1. The van der Waals surface area contributed by atoms with Gasteiger partial charge >= 0.3 is 0 Å². The molecule has 0 aliphatic heterocycles. The van der Waals surface area contributed by atoms with Crippen LogP contribution in [0.5, 0.6) is 0 Å². The molecule has 0 aliphatic rings. The van der Waals surface area contributed by atoms with Crippen LogP contribution in [0.1, 0.15) is 20.3 Å². The number of anilines is 1. The predicted molar refractivity (Wildman–Crippen MR) is 76.3 cm³/mol. The Kier molecular flexibility index (Phi) is 3.89. The fourth-order valence-corrected chi connectivity index (χ4v) is 2.78. The molecule has 0 aliphatic carbocycles. The van der Waals surface area contributed by atoms with Gasteiger partial charge in [-0.1, -0.05) is 26.3 Å². The van der Waals surface area contributed by atoms with Gasteiger partial charge in [0, 0.05) is 33.8 Å². The molecule has 90 valence electrons. The van der Waals surface area contributed by atoms with Crippen molar-refractivity contribution in [2.75, 3.05) is 11.5 Å². The molecule has 1 aromatic carbocycles. The second-order valence-corrected chi connectivity index (χ2v) is 5.46. The van der Waals surface area contributed by atoms with Crippen molar-refractivity contribution in [2.24, 2.45) is 5.92 Å². The van der Waals surface area contributed by atoms with E-state index in [1.165, 1.54) is 11.3 Å². The van der Waals surface area contributed by atoms with Gasteiger partial charge < -0.3 is 5.73 Å². The number of nitrogens with two attached hydrogens (primary N) is 1. The number of aromatic nitrogens is 1. The molecule has 0 radical (unpaired) electrons. The molecular weight excluding hydrogens is 228 g/mol. The van der Waals surface area contributed by atoms with E-state index < -0.39 is 0 Å². The lowest BCUT2D eigenvalue weighted by molar-refractivity contribution is 0.637. The number of benzene rings is 1. The summed E-state index contributed by atoms with van der Waals surface area (Å²) in [6.45, 7) is 4.49. The Hall–Kier alpha value is -1.22. The lowest BCUT2D eigenvalue weighted by Gasteiger charge is -2.11. The number of hydrogen-bond donors (Lipinski definition) is 1. The van der Waals surface area contributed by atoms with Crippen molar-refractivity contribution >= 4 is 28.2 Å². The summed E-state index contributed by atoms with van der Waals surface area (Å²) in [7, 11) is 0. The van der Waals surface area contributed by atoms with Gasteiger partial charge in [0.2, 0.25) is 0 Å². The summed E-state index contributed by atoms with van der Waals surface area (Å²) in [6.07, 6.45) is 4.86. The first kappa shape index (κ1) is 12.2. The van der Waals surface area contributed by atoms with Crippen molar-refractivity contribution in [1.29, 1.82) is 0 Å². The number of rotatable bonds is 4. The molecule has 1 heterocycles. The van der Waals surface area contributed by atoms with Crippen LogP contribution in [0.4, 0.5) is 5.69 Å². The monoisotopic (exact) mass is 246 g/mol. The van der Waals surface area contributed by atoms with Crippen LogP contribution in [0.15, 0.2) is 35.5 Å². The quantitative estimate of drug-likeness (QED) is 0.655. The predicted octanol–water partition coefficient (Wildman–Crippen LogP) is 3.96. The van der Waals surface area contributed by atoms with Gasteiger partial charge in [0.25, 0.3) is 0 Å². The fraction of sp³-hybridized carbons (Fsp3) is 0.357. The van der Waals surface area contributed by atoms with Crippen molar-refractivity contribution in [2.45, 2.75) is 25.2 Å². The summed E-state index contributed by atoms with van der Waals surface area (Å²) in [5, 5.41) is 2.21. The van der Waals surface area contributed by atoms with E-state index in [4.69, 9.17) is 5.73 Å². The minimum absolute atomic E-state index is 0.729. The maximum absolute atomic E-state index is 6.20.